The van der Waals surface area contributed by atoms with Crippen molar-refractivity contribution in [3.8, 4) is 0 Å². The third-order valence-electron chi connectivity index (χ3n) is 2.74. The smallest absolute Gasteiger partial charge is 0.261 e. The fourth-order valence-electron chi connectivity index (χ4n) is 1.73. The third kappa shape index (κ3) is 2.19. The van der Waals surface area contributed by atoms with E-state index in [2.05, 4.69) is 35.1 Å². The van der Waals surface area contributed by atoms with Crippen LogP contribution in [-0.2, 0) is 10.8 Å². The fourth-order valence-corrected chi connectivity index (χ4v) is 2.59. The molecule has 18 heavy (non-hydrogen) atoms. The van der Waals surface area contributed by atoms with Crippen LogP contribution in [0, 0.1) is 0 Å². The lowest BCUT2D eigenvalue weighted by atomic mass is 9.92. The van der Waals surface area contributed by atoms with Crippen molar-refractivity contribution in [3.63, 3.8) is 0 Å². The van der Waals surface area contributed by atoms with Crippen molar-refractivity contribution in [2.75, 3.05) is 0 Å². The number of hydrogen-bond acceptors (Lipinski definition) is 4. The molecule has 0 unspecified atom stereocenters. The van der Waals surface area contributed by atoms with Crippen LogP contribution < -0.4 is 5.56 Å². The normalized spacial score (nSPS) is 13.2. The van der Waals surface area contributed by atoms with Gasteiger partial charge in [0.25, 0.3) is 5.56 Å². The van der Waals surface area contributed by atoms with Gasteiger partial charge in [-0.3, -0.25) is 4.79 Å². The summed E-state index contributed by atoms with van der Waals surface area (Å²) in [5.41, 5.74) is 0.220. The largest absolute Gasteiger partial charge is 0.309 e. The van der Waals surface area contributed by atoms with Crippen LogP contribution in [0.15, 0.2) is 4.79 Å². The number of rotatable bonds is 0. The Kier molecular flexibility index (Phi) is 2.85. The first kappa shape index (κ1) is 13.2. The van der Waals surface area contributed by atoms with E-state index in [-0.39, 0.29) is 16.4 Å². The van der Waals surface area contributed by atoms with Gasteiger partial charge in [0.05, 0.1) is 0 Å². The highest BCUT2D eigenvalue weighted by atomic mass is 32.1. The van der Waals surface area contributed by atoms with Gasteiger partial charge in [-0.2, -0.15) is 4.37 Å². The molecule has 0 aliphatic rings. The molecule has 0 aliphatic heterocycles. The summed E-state index contributed by atoms with van der Waals surface area (Å²) < 4.78 is 4.33. The van der Waals surface area contributed by atoms with Gasteiger partial charge in [-0.05, 0) is 16.9 Å². The van der Waals surface area contributed by atoms with Crippen molar-refractivity contribution < 1.29 is 0 Å². The van der Waals surface area contributed by atoms with E-state index in [0.29, 0.717) is 16.9 Å². The maximum Gasteiger partial charge on any atom is 0.261 e. The molecule has 5 heteroatoms. The van der Waals surface area contributed by atoms with Crippen LogP contribution in [0.1, 0.15) is 52.2 Å². The van der Waals surface area contributed by atoms with Crippen LogP contribution in [0.5, 0.6) is 0 Å². The molecule has 0 aromatic carbocycles. The Morgan fingerprint density at radius 1 is 1.06 bits per heavy atom. The minimum absolute atomic E-state index is 0.0800. The van der Waals surface area contributed by atoms with Crippen LogP contribution in [0.3, 0.4) is 0 Å². The predicted molar refractivity (Wildman–Crippen MR) is 75.4 cm³/mol. The Balaban J connectivity index is 2.77. The first-order valence-corrected chi connectivity index (χ1v) is 6.79. The minimum Gasteiger partial charge on any atom is -0.309 e. The van der Waals surface area contributed by atoms with E-state index in [1.54, 1.807) is 0 Å². The summed E-state index contributed by atoms with van der Waals surface area (Å²) in [5.74, 6) is 0.686. The van der Waals surface area contributed by atoms with Crippen LogP contribution in [0.2, 0.25) is 0 Å². The lowest BCUT2D eigenvalue weighted by Crippen LogP contribution is -2.23. The monoisotopic (exact) mass is 265 g/mol. The molecule has 0 bridgehead atoms. The lowest BCUT2D eigenvalue weighted by molar-refractivity contribution is 0.545. The predicted octanol–water partition coefficient (Wildman–Crippen LogP) is 2.97. The van der Waals surface area contributed by atoms with Crippen molar-refractivity contribution >= 4 is 22.6 Å². The Morgan fingerprint density at radius 2 is 1.67 bits per heavy atom. The molecule has 2 rings (SSSR count). The number of hydrogen-bond donors (Lipinski definition) is 1. The zero-order chi connectivity index (χ0) is 13.7. The number of H-pyrrole nitrogens is 1. The third-order valence-corrected chi connectivity index (χ3v) is 4.01. The van der Waals surface area contributed by atoms with E-state index in [4.69, 9.17) is 0 Å². The van der Waals surface area contributed by atoms with Crippen LogP contribution in [-0.4, -0.2) is 14.3 Å². The summed E-state index contributed by atoms with van der Waals surface area (Å²) in [5, 5.41) is 0.639. The van der Waals surface area contributed by atoms with E-state index in [1.807, 2.05) is 20.8 Å². The average Bonchev–Trinajstić information content (AvgIpc) is 2.59. The molecule has 0 saturated heterocycles. The molecule has 0 fully saturated rings. The van der Waals surface area contributed by atoms with Gasteiger partial charge in [-0.15, -0.1) is 0 Å². The molecule has 2 heterocycles. The van der Waals surface area contributed by atoms with Gasteiger partial charge < -0.3 is 4.98 Å². The van der Waals surface area contributed by atoms with Crippen molar-refractivity contribution in [3.05, 3.63) is 21.1 Å². The maximum atomic E-state index is 12.2. The van der Waals surface area contributed by atoms with E-state index < -0.39 is 0 Å². The molecule has 0 spiro atoms. The van der Waals surface area contributed by atoms with E-state index in [0.717, 1.165) is 4.88 Å². The number of aromatic amines is 1. The first-order valence-electron chi connectivity index (χ1n) is 6.01. The highest BCUT2D eigenvalue weighted by Crippen LogP contribution is 2.31. The topological polar surface area (TPSA) is 58.6 Å². The molecule has 0 saturated carbocycles. The van der Waals surface area contributed by atoms with Gasteiger partial charge in [0.15, 0.2) is 5.65 Å². The summed E-state index contributed by atoms with van der Waals surface area (Å²) in [6.07, 6.45) is 0. The number of nitrogens with one attached hydrogen (secondary N) is 1. The standard InChI is InChI=1S/C13H19N3OS/c1-12(2,3)8-7-9(16-18-8)14-11(13(4,5)6)15-10(7)17/h1-6H3,(H,14,15,16,17). The van der Waals surface area contributed by atoms with Crippen molar-refractivity contribution in [1.82, 2.24) is 14.3 Å². The zero-order valence-electron chi connectivity index (χ0n) is 11.7. The second-order valence-corrected chi connectivity index (χ2v) is 7.40. The Labute approximate surface area is 111 Å². The molecule has 2 aromatic heterocycles. The molecule has 98 valence electrons. The van der Waals surface area contributed by atoms with Crippen LogP contribution in [0.4, 0.5) is 0 Å². The first-order chi connectivity index (χ1) is 8.10. The summed E-state index contributed by atoms with van der Waals surface area (Å²) in [4.78, 5) is 20.6. The molecule has 2 aromatic rings. The highest BCUT2D eigenvalue weighted by molar-refractivity contribution is 7.07. The fraction of sp³-hybridized carbons (Fsp3) is 0.615. The molecule has 1 N–H and O–H groups in total. The summed E-state index contributed by atoms with van der Waals surface area (Å²) in [6.45, 7) is 12.3. The summed E-state index contributed by atoms with van der Waals surface area (Å²) in [6, 6.07) is 0. The van der Waals surface area contributed by atoms with Crippen molar-refractivity contribution in [1.29, 1.82) is 0 Å². The Hall–Kier alpha value is -1.23. The average molecular weight is 265 g/mol. The molecule has 0 amide bonds. The van der Waals surface area contributed by atoms with Gasteiger partial charge in [0, 0.05) is 10.3 Å². The molecule has 4 nitrogen and oxygen atoms in total. The van der Waals surface area contributed by atoms with E-state index in [9.17, 15) is 4.79 Å². The number of aromatic nitrogens is 3. The summed E-state index contributed by atoms with van der Waals surface area (Å²) >= 11 is 1.37. The summed E-state index contributed by atoms with van der Waals surface area (Å²) in [7, 11) is 0. The van der Waals surface area contributed by atoms with Gasteiger partial charge in [-0.25, -0.2) is 4.98 Å². The highest BCUT2D eigenvalue weighted by Gasteiger charge is 2.25. The van der Waals surface area contributed by atoms with Crippen molar-refractivity contribution in [2.24, 2.45) is 0 Å². The second-order valence-electron chi connectivity index (χ2n) is 6.62. The van der Waals surface area contributed by atoms with Crippen LogP contribution in [0.25, 0.3) is 11.0 Å². The SMILES string of the molecule is CC(C)(C)c1nc2nsc(C(C)(C)C)c2c(=O)[nH]1. The second kappa shape index (κ2) is 3.88. The lowest BCUT2D eigenvalue weighted by Gasteiger charge is -2.18. The maximum absolute atomic E-state index is 12.2. The van der Waals surface area contributed by atoms with Gasteiger partial charge in [-0.1, -0.05) is 41.5 Å². The molecular weight excluding hydrogens is 246 g/mol. The molecule has 0 atom stereocenters. The number of nitrogens with zero attached hydrogens (tertiary/aromatic N) is 2. The van der Waals surface area contributed by atoms with Crippen LogP contribution >= 0.6 is 11.5 Å². The van der Waals surface area contributed by atoms with E-state index >= 15 is 0 Å². The quantitative estimate of drug-likeness (QED) is 0.796. The number of fused-ring (bicyclic) bond motifs is 1. The zero-order valence-corrected chi connectivity index (χ0v) is 12.5. The molecular formula is C13H19N3OS. The van der Waals surface area contributed by atoms with Gasteiger partial charge in [0.2, 0.25) is 0 Å². The van der Waals surface area contributed by atoms with Crippen molar-refractivity contribution in [2.45, 2.75) is 52.4 Å². The molecule has 0 radical (unpaired) electrons. The van der Waals surface area contributed by atoms with E-state index in [1.165, 1.54) is 11.5 Å². The molecule has 0 aliphatic carbocycles. The van der Waals surface area contributed by atoms with Gasteiger partial charge >= 0.3 is 0 Å². The Bertz CT molecular complexity index is 641. The van der Waals surface area contributed by atoms with Gasteiger partial charge in [0.1, 0.15) is 11.2 Å². The Morgan fingerprint density at radius 3 is 2.17 bits per heavy atom. The minimum atomic E-state index is -0.182.